The van der Waals surface area contributed by atoms with Crippen LogP contribution in [0.25, 0.3) is 0 Å². The van der Waals surface area contributed by atoms with Gasteiger partial charge in [-0.1, -0.05) is 48.0 Å². The summed E-state index contributed by atoms with van der Waals surface area (Å²) in [5, 5.41) is 3.51. The number of rotatable bonds is 4. The fraction of sp³-hybridized carbons (Fsp3) is 0.391. The Balaban J connectivity index is 1.33. The minimum Gasteiger partial charge on any atom is -0.327 e. The van der Waals surface area contributed by atoms with Crippen LogP contribution < -0.4 is 5.32 Å². The molecule has 158 valence electrons. The van der Waals surface area contributed by atoms with Gasteiger partial charge >= 0.3 is 6.03 Å². The van der Waals surface area contributed by atoms with Crippen molar-refractivity contribution in [3.8, 4) is 0 Å². The quantitative estimate of drug-likeness (QED) is 0.733. The van der Waals surface area contributed by atoms with Gasteiger partial charge in [-0.15, -0.1) is 11.8 Å². The number of amides is 3. The third kappa shape index (κ3) is 4.76. The Morgan fingerprint density at radius 1 is 1.03 bits per heavy atom. The molecule has 3 amide bonds. The van der Waals surface area contributed by atoms with Crippen LogP contribution >= 0.6 is 23.4 Å². The smallest absolute Gasteiger partial charge is 0.321 e. The predicted molar refractivity (Wildman–Crippen MR) is 123 cm³/mol. The van der Waals surface area contributed by atoms with Crippen LogP contribution in [0.3, 0.4) is 0 Å². The highest BCUT2D eigenvalue weighted by atomic mass is 35.5. The van der Waals surface area contributed by atoms with Crippen LogP contribution in [0.15, 0.2) is 54.6 Å². The highest BCUT2D eigenvalue weighted by molar-refractivity contribution is 8.00. The average Bonchev–Trinajstić information content (AvgIpc) is 3.16. The van der Waals surface area contributed by atoms with E-state index in [1.165, 1.54) is 5.56 Å². The number of piperidine rings is 1. The van der Waals surface area contributed by atoms with Crippen molar-refractivity contribution in [2.24, 2.45) is 0 Å². The van der Waals surface area contributed by atoms with Crippen molar-refractivity contribution in [1.82, 2.24) is 9.80 Å². The van der Waals surface area contributed by atoms with Crippen molar-refractivity contribution in [3.63, 3.8) is 0 Å². The molecule has 2 heterocycles. The second-order valence-electron chi connectivity index (χ2n) is 7.75. The molecule has 2 saturated heterocycles. The molecule has 0 atom stereocenters. The fourth-order valence-corrected chi connectivity index (χ4v) is 5.90. The molecule has 2 aliphatic heterocycles. The molecule has 1 spiro atoms. The maximum absolute atomic E-state index is 13.0. The highest BCUT2D eigenvalue weighted by Crippen LogP contribution is 2.44. The molecule has 5 nitrogen and oxygen atoms in total. The minimum atomic E-state index is -0.166. The van der Waals surface area contributed by atoms with Crippen molar-refractivity contribution < 1.29 is 9.59 Å². The summed E-state index contributed by atoms with van der Waals surface area (Å²) in [5.74, 6) is 1.19. The minimum absolute atomic E-state index is 0.114. The number of likely N-dealkylation sites (tertiary alicyclic amines) is 1. The molecule has 0 aromatic heterocycles. The number of thioether (sulfide) groups is 1. The number of aryl methyl sites for hydroxylation is 1. The van der Waals surface area contributed by atoms with Gasteiger partial charge in [0.25, 0.3) is 0 Å². The monoisotopic (exact) mass is 443 g/mol. The van der Waals surface area contributed by atoms with E-state index in [9.17, 15) is 9.59 Å². The zero-order valence-corrected chi connectivity index (χ0v) is 18.4. The average molecular weight is 444 g/mol. The zero-order valence-electron chi connectivity index (χ0n) is 16.9. The second kappa shape index (κ2) is 9.31. The molecule has 2 aliphatic rings. The number of hydrogen-bond acceptors (Lipinski definition) is 3. The summed E-state index contributed by atoms with van der Waals surface area (Å²) < 4.78 is 0. The Bertz CT molecular complexity index is 900. The molecule has 7 heteroatoms. The SMILES string of the molecule is O=C(Nc1cccc(Cl)c1)N1CCC2(CC1)SCCN2C(=O)CCc1ccccc1. The molecule has 4 rings (SSSR count). The molecule has 0 unspecified atom stereocenters. The van der Waals surface area contributed by atoms with E-state index in [1.807, 2.05) is 47.0 Å². The van der Waals surface area contributed by atoms with Crippen molar-refractivity contribution in [1.29, 1.82) is 0 Å². The van der Waals surface area contributed by atoms with Gasteiger partial charge in [-0.3, -0.25) is 4.79 Å². The van der Waals surface area contributed by atoms with Crippen molar-refractivity contribution in [3.05, 3.63) is 65.2 Å². The number of benzene rings is 2. The van der Waals surface area contributed by atoms with Crippen LogP contribution in [0.1, 0.15) is 24.8 Å². The Labute approximate surface area is 186 Å². The second-order valence-corrected chi connectivity index (χ2v) is 9.65. The Kier molecular flexibility index (Phi) is 6.54. The largest absolute Gasteiger partial charge is 0.327 e. The topological polar surface area (TPSA) is 52.7 Å². The lowest BCUT2D eigenvalue weighted by molar-refractivity contribution is -0.134. The van der Waals surface area contributed by atoms with Gasteiger partial charge in [0.2, 0.25) is 5.91 Å². The summed E-state index contributed by atoms with van der Waals surface area (Å²) in [4.78, 5) is 29.4. The van der Waals surface area contributed by atoms with E-state index < -0.39 is 0 Å². The Hall–Kier alpha value is -2.18. The van der Waals surface area contributed by atoms with E-state index >= 15 is 0 Å². The number of urea groups is 1. The maximum atomic E-state index is 13.0. The summed E-state index contributed by atoms with van der Waals surface area (Å²) in [5.41, 5.74) is 1.89. The predicted octanol–water partition coefficient (Wildman–Crippen LogP) is 4.87. The van der Waals surface area contributed by atoms with Gasteiger partial charge in [0.15, 0.2) is 0 Å². The molecule has 2 fully saturated rings. The van der Waals surface area contributed by atoms with Crippen LogP contribution in [0.5, 0.6) is 0 Å². The van der Waals surface area contributed by atoms with Crippen LogP contribution in [0, 0.1) is 0 Å². The molecule has 30 heavy (non-hydrogen) atoms. The van der Waals surface area contributed by atoms with Gasteiger partial charge in [-0.2, -0.15) is 0 Å². The van der Waals surface area contributed by atoms with Crippen molar-refractivity contribution >= 4 is 41.0 Å². The lowest BCUT2D eigenvalue weighted by Crippen LogP contribution is -2.54. The molecule has 1 N–H and O–H groups in total. The standard InChI is InChI=1S/C23H26ClN3O2S/c24-19-7-4-8-20(17-19)25-22(29)26-13-11-23(12-14-26)27(15-16-30-23)21(28)10-9-18-5-2-1-3-6-18/h1-8,17H,9-16H2,(H,25,29). The first-order chi connectivity index (χ1) is 14.6. The van der Waals surface area contributed by atoms with Crippen LogP contribution in [-0.2, 0) is 11.2 Å². The summed E-state index contributed by atoms with van der Waals surface area (Å²) >= 11 is 7.87. The van der Waals surface area contributed by atoms with E-state index in [0.717, 1.165) is 31.6 Å². The molecular formula is C23H26ClN3O2S. The number of halogens is 1. The fourth-order valence-electron chi connectivity index (χ4n) is 4.23. The van der Waals surface area contributed by atoms with E-state index in [4.69, 9.17) is 11.6 Å². The lowest BCUT2D eigenvalue weighted by atomic mass is 10.0. The molecule has 0 aliphatic carbocycles. The third-order valence-electron chi connectivity index (χ3n) is 5.86. The number of carbonyl (C=O) groups excluding carboxylic acids is 2. The molecular weight excluding hydrogens is 418 g/mol. The first-order valence-corrected chi connectivity index (χ1v) is 11.7. The molecule has 0 bridgehead atoms. The first-order valence-electron chi connectivity index (χ1n) is 10.4. The summed E-state index contributed by atoms with van der Waals surface area (Å²) in [6.45, 7) is 2.08. The van der Waals surface area contributed by atoms with Gasteiger partial charge in [-0.05, 0) is 43.0 Å². The first kappa shape index (κ1) is 21.1. The number of hydrogen-bond donors (Lipinski definition) is 1. The molecule has 2 aromatic rings. The summed E-state index contributed by atoms with van der Waals surface area (Å²) in [6.07, 6.45) is 2.91. The number of anilines is 1. The zero-order chi connectivity index (χ0) is 21.0. The third-order valence-corrected chi connectivity index (χ3v) is 7.64. The van der Waals surface area contributed by atoms with Gasteiger partial charge in [-0.25, -0.2) is 4.79 Å². The van der Waals surface area contributed by atoms with Crippen LogP contribution in [0.2, 0.25) is 5.02 Å². The lowest BCUT2D eigenvalue weighted by Gasteiger charge is -2.44. The van der Waals surface area contributed by atoms with E-state index in [0.29, 0.717) is 30.2 Å². The van der Waals surface area contributed by atoms with Crippen molar-refractivity contribution in [2.75, 3.05) is 30.7 Å². The molecule has 2 aromatic carbocycles. The normalized spacial score (nSPS) is 17.9. The van der Waals surface area contributed by atoms with E-state index in [-0.39, 0.29) is 16.8 Å². The van der Waals surface area contributed by atoms with Crippen LogP contribution in [-0.4, -0.2) is 52.0 Å². The van der Waals surface area contributed by atoms with Crippen molar-refractivity contribution in [2.45, 2.75) is 30.6 Å². The van der Waals surface area contributed by atoms with Gasteiger partial charge in [0, 0.05) is 42.5 Å². The van der Waals surface area contributed by atoms with Gasteiger partial charge < -0.3 is 15.1 Å². The molecule has 0 radical (unpaired) electrons. The maximum Gasteiger partial charge on any atom is 0.321 e. The van der Waals surface area contributed by atoms with E-state index in [1.54, 1.807) is 12.1 Å². The van der Waals surface area contributed by atoms with E-state index in [2.05, 4.69) is 22.3 Å². The Morgan fingerprint density at radius 2 is 1.80 bits per heavy atom. The molecule has 0 saturated carbocycles. The number of nitrogens with zero attached hydrogens (tertiary/aromatic N) is 2. The summed E-state index contributed by atoms with van der Waals surface area (Å²) in [7, 11) is 0. The highest BCUT2D eigenvalue weighted by Gasteiger charge is 2.46. The van der Waals surface area contributed by atoms with Gasteiger partial charge in [0.1, 0.15) is 0 Å². The Morgan fingerprint density at radius 3 is 2.53 bits per heavy atom. The van der Waals surface area contributed by atoms with Gasteiger partial charge in [0.05, 0.1) is 4.87 Å². The summed E-state index contributed by atoms with van der Waals surface area (Å²) in [6, 6.07) is 17.2. The number of carbonyl (C=O) groups is 2. The number of nitrogens with one attached hydrogen (secondary N) is 1. The van der Waals surface area contributed by atoms with Crippen LogP contribution in [0.4, 0.5) is 10.5 Å².